The van der Waals surface area contributed by atoms with Gasteiger partial charge in [0.1, 0.15) is 0 Å². The lowest BCUT2D eigenvalue weighted by atomic mass is 9.94. The summed E-state index contributed by atoms with van der Waals surface area (Å²) in [6, 6.07) is 11.5. The molecule has 0 saturated carbocycles. The van der Waals surface area contributed by atoms with Crippen LogP contribution >= 0.6 is 0 Å². The van der Waals surface area contributed by atoms with Gasteiger partial charge in [-0.2, -0.15) is 0 Å². The number of hydrogen-bond acceptors (Lipinski definition) is 2. The molecule has 4 heterocycles. The van der Waals surface area contributed by atoms with Crippen LogP contribution in [0.2, 0.25) is 0 Å². The molecule has 2 amide bonds. The molecule has 5 unspecified atom stereocenters. The average molecular weight is 324 g/mol. The van der Waals surface area contributed by atoms with Crippen LogP contribution in [0.25, 0.3) is 5.57 Å². The summed E-state index contributed by atoms with van der Waals surface area (Å²) in [5.74, 6) is 0. The molecule has 5 atom stereocenters. The van der Waals surface area contributed by atoms with E-state index in [0.29, 0.717) is 12.1 Å². The van der Waals surface area contributed by atoms with Crippen molar-refractivity contribution in [2.45, 2.75) is 68.9 Å². The van der Waals surface area contributed by atoms with Gasteiger partial charge in [0.05, 0.1) is 24.3 Å². The summed E-state index contributed by atoms with van der Waals surface area (Å²) in [7, 11) is 0. The van der Waals surface area contributed by atoms with E-state index in [1.54, 1.807) is 0 Å². The average Bonchev–Trinajstić information content (AvgIpc) is 3.29. The number of hydrogen-bond donors (Lipinski definition) is 1. The number of amides is 2. The minimum absolute atomic E-state index is 0.118. The fourth-order valence-electron chi connectivity index (χ4n) is 5.04. The fraction of sp³-hybridized carbons (Fsp3) is 0.550. The lowest BCUT2D eigenvalue weighted by molar-refractivity contribution is 0.0963. The number of carbonyl (C=O) groups excluding carboxylic acids is 1. The van der Waals surface area contributed by atoms with Crippen LogP contribution in [0.1, 0.15) is 44.1 Å². The van der Waals surface area contributed by atoms with E-state index < -0.39 is 0 Å². The van der Waals surface area contributed by atoms with Gasteiger partial charge in [-0.25, -0.2) is 4.79 Å². The third-order valence-electron chi connectivity index (χ3n) is 6.19. The summed E-state index contributed by atoms with van der Waals surface area (Å²) in [5, 5.41) is 3.27. The number of nitrogens with one attached hydrogen (secondary N) is 1. The molecule has 1 aromatic carbocycles. The maximum atomic E-state index is 12.9. The molecule has 3 saturated heterocycles. The van der Waals surface area contributed by atoms with Gasteiger partial charge in [0, 0.05) is 6.04 Å². The minimum atomic E-state index is 0.118. The zero-order valence-electron chi connectivity index (χ0n) is 13.9. The predicted octanol–water partition coefficient (Wildman–Crippen LogP) is 3.34. The fourth-order valence-corrected chi connectivity index (χ4v) is 5.04. The Labute approximate surface area is 142 Å². The minimum Gasteiger partial charge on any atom is -0.373 e. The zero-order chi connectivity index (χ0) is 16.1. The first-order valence-electron chi connectivity index (χ1n) is 9.28. The van der Waals surface area contributed by atoms with Gasteiger partial charge in [0.2, 0.25) is 0 Å². The van der Waals surface area contributed by atoms with E-state index in [1.807, 2.05) is 0 Å². The van der Waals surface area contributed by atoms with Gasteiger partial charge in [-0.05, 0) is 49.7 Å². The monoisotopic (exact) mass is 324 g/mol. The van der Waals surface area contributed by atoms with Crippen molar-refractivity contribution in [2.24, 2.45) is 0 Å². The van der Waals surface area contributed by atoms with Crippen molar-refractivity contribution in [3.8, 4) is 0 Å². The van der Waals surface area contributed by atoms with Crippen molar-refractivity contribution >= 4 is 11.6 Å². The van der Waals surface area contributed by atoms with Gasteiger partial charge in [0.25, 0.3) is 0 Å². The quantitative estimate of drug-likeness (QED) is 0.906. The molecule has 4 aliphatic rings. The van der Waals surface area contributed by atoms with E-state index in [9.17, 15) is 4.79 Å². The SMILES string of the molecule is O=C(NC1CC2CCC1O2)N1C2C=C(c3ccccc3)CC1CC2. The summed E-state index contributed by atoms with van der Waals surface area (Å²) in [4.78, 5) is 15.0. The molecule has 1 aromatic rings. The van der Waals surface area contributed by atoms with Crippen LogP contribution in [0.15, 0.2) is 36.4 Å². The van der Waals surface area contributed by atoms with Gasteiger partial charge in [-0.1, -0.05) is 36.4 Å². The number of carbonyl (C=O) groups is 1. The molecule has 4 heteroatoms. The topological polar surface area (TPSA) is 41.6 Å². The summed E-state index contributed by atoms with van der Waals surface area (Å²) in [6.07, 6.45) is 9.36. The van der Waals surface area contributed by atoms with Crippen molar-refractivity contribution < 1.29 is 9.53 Å². The second-order valence-electron chi connectivity index (χ2n) is 7.63. The molecular formula is C20H24N2O2. The molecule has 0 aliphatic carbocycles. The predicted molar refractivity (Wildman–Crippen MR) is 92.5 cm³/mol. The van der Waals surface area contributed by atoms with Crippen LogP contribution in [-0.2, 0) is 4.74 Å². The molecule has 4 bridgehead atoms. The molecule has 4 aliphatic heterocycles. The second kappa shape index (κ2) is 5.62. The standard InChI is InChI=1S/C20H24N2O2/c23-20(21-18-12-17-8-9-19(18)24-17)22-15-6-7-16(22)11-14(10-15)13-4-2-1-3-5-13/h1-5,10,15-19H,6-9,11-12H2,(H,21,23). The number of benzene rings is 1. The van der Waals surface area contributed by atoms with Crippen molar-refractivity contribution in [1.82, 2.24) is 10.2 Å². The Kier molecular flexibility index (Phi) is 3.40. The zero-order valence-corrected chi connectivity index (χ0v) is 13.9. The second-order valence-corrected chi connectivity index (χ2v) is 7.63. The third-order valence-corrected chi connectivity index (χ3v) is 6.19. The molecule has 126 valence electrons. The van der Waals surface area contributed by atoms with Crippen LogP contribution in [0.5, 0.6) is 0 Å². The highest BCUT2D eigenvalue weighted by atomic mass is 16.5. The Bertz CT molecular complexity index is 671. The van der Waals surface area contributed by atoms with E-state index in [2.05, 4.69) is 46.6 Å². The molecule has 1 N–H and O–H groups in total. The maximum Gasteiger partial charge on any atom is 0.318 e. The maximum absolute atomic E-state index is 12.9. The Balaban J connectivity index is 1.31. The lowest BCUT2D eigenvalue weighted by Gasteiger charge is -2.35. The molecule has 0 radical (unpaired) electrons. The molecule has 24 heavy (non-hydrogen) atoms. The molecule has 4 nitrogen and oxygen atoms in total. The summed E-state index contributed by atoms with van der Waals surface area (Å²) >= 11 is 0. The van der Waals surface area contributed by atoms with Gasteiger partial charge < -0.3 is 15.0 Å². The van der Waals surface area contributed by atoms with E-state index >= 15 is 0 Å². The molecular weight excluding hydrogens is 300 g/mol. The smallest absolute Gasteiger partial charge is 0.318 e. The number of rotatable bonds is 2. The Morgan fingerprint density at radius 1 is 1.12 bits per heavy atom. The van der Waals surface area contributed by atoms with Crippen LogP contribution in [0.3, 0.4) is 0 Å². The van der Waals surface area contributed by atoms with Crippen LogP contribution in [0, 0.1) is 0 Å². The van der Waals surface area contributed by atoms with E-state index in [4.69, 9.17) is 4.74 Å². The van der Waals surface area contributed by atoms with E-state index in [-0.39, 0.29) is 24.2 Å². The van der Waals surface area contributed by atoms with Crippen molar-refractivity contribution in [2.75, 3.05) is 0 Å². The molecule has 0 aromatic heterocycles. The Morgan fingerprint density at radius 3 is 2.71 bits per heavy atom. The Morgan fingerprint density at radius 2 is 2.00 bits per heavy atom. The van der Waals surface area contributed by atoms with E-state index in [1.165, 1.54) is 11.1 Å². The van der Waals surface area contributed by atoms with Crippen molar-refractivity contribution in [1.29, 1.82) is 0 Å². The number of nitrogens with zero attached hydrogens (tertiary/aromatic N) is 1. The van der Waals surface area contributed by atoms with Gasteiger partial charge in [-0.3, -0.25) is 0 Å². The summed E-state index contributed by atoms with van der Waals surface area (Å²) < 4.78 is 5.87. The van der Waals surface area contributed by atoms with Crippen LogP contribution in [0.4, 0.5) is 4.79 Å². The highest BCUT2D eigenvalue weighted by molar-refractivity contribution is 5.79. The first kappa shape index (κ1) is 14.5. The summed E-state index contributed by atoms with van der Waals surface area (Å²) in [6.45, 7) is 0. The normalized spacial score (nSPS) is 36.8. The van der Waals surface area contributed by atoms with E-state index in [0.717, 1.165) is 38.5 Å². The third kappa shape index (κ3) is 2.35. The number of fused-ring (bicyclic) bond motifs is 4. The van der Waals surface area contributed by atoms with Gasteiger partial charge >= 0.3 is 6.03 Å². The highest BCUT2D eigenvalue weighted by Gasteiger charge is 2.44. The highest BCUT2D eigenvalue weighted by Crippen LogP contribution is 2.39. The van der Waals surface area contributed by atoms with Crippen molar-refractivity contribution in [3.05, 3.63) is 42.0 Å². The van der Waals surface area contributed by atoms with Crippen molar-refractivity contribution in [3.63, 3.8) is 0 Å². The summed E-state index contributed by atoms with van der Waals surface area (Å²) in [5.41, 5.74) is 2.70. The largest absolute Gasteiger partial charge is 0.373 e. The van der Waals surface area contributed by atoms with Gasteiger partial charge in [-0.15, -0.1) is 0 Å². The van der Waals surface area contributed by atoms with Crippen LogP contribution in [-0.4, -0.2) is 41.3 Å². The lowest BCUT2D eigenvalue weighted by Crippen LogP contribution is -2.52. The molecule has 5 rings (SSSR count). The van der Waals surface area contributed by atoms with Crippen LogP contribution < -0.4 is 5.32 Å². The Hall–Kier alpha value is -1.81. The first-order valence-corrected chi connectivity index (χ1v) is 9.28. The van der Waals surface area contributed by atoms with Gasteiger partial charge in [0.15, 0.2) is 0 Å². The number of ether oxygens (including phenoxy) is 1. The molecule has 0 spiro atoms. The first-order chi connectivity index (χ1) is 11.8. The molecule has 3 fully saturated rings. The number of urea groups is 1.